The molecule has 0 aliphatic heterocycles. The number of aromatic nitrogens is 2. The van der Waals surface area contributed by atoms with E-state index in [-0.39, 0.29) is 11.5 Å². The lowest BCUT2D eigenvalue weighted by molar-refractivity contribution is 0.0681. The fourth-order valence-corrected chi connectivity index (χ4v) is 4.69. The van der Waals surface area contributed by atoms with Crippen LogP contribution in [0.15, 0.2) is 77.6 Å². The van der Waals surface area contributed by atoms with Crippen LogP contribution in [0.25, 0.3) is 16.6 Å². The molecule has 0 N–H and O–H groups in total. The number of fused-ring (bicyclic) bond motifs is 1. The van der Waals surface area contributed by atoms with Crippen molar-refractivity contribution in [2.45, 2.75) is 59.4 Å². The zero-order valence-electron chi connectivity index (χ0n) is 21.7. The maximum absolute atomic E-state index is 13.8. The van der Waals surface area contributed by atoms with Crippen molar-refractivity contribution in [2.24, 2.45) is 0 Å². The Morgan fingerprint density at radius 3 is 2.33 bits per heavy atom. The number of nitrogens with zero attached hydrogens (tertiary/aromatic N) is 3. The van der Waals surface area contributed by atoms with Crippen molar-refractivity contribution in [3.63, 3.8) is 0 Å². The van der Waals surface area contributed by atoms with Crippen molar-refractivity contribution in [1.29, 1.82) is 0 Å². The minimum atomic E-state index is -0.408. The molecule has 4 aromatic rings. The summed E-state index contributed by atoms with van der Waals surface area (Å²) < 4.78 is 1.69. The molecule has 0 saturated heterocycles. The predicted molar refractivity (Wildman–Crippen MR) is 147 cm³/mol. The second-order valence-corrected chi connectivity index (χ2v) is 9.39. The van der Waals surface area contributed by atoms with E-state index in [4.69, 9.17) is 4.98 Å². The Morgan fingerprint density at radius 1 is 0.944 bits per heavy atom. The van der Waals surface area contributed by atoms with E-state index in [2.05, 4.69) is 26.0 Å². The molecule has 0 radical (unpaired) electrons. The Bertz CT molecular complexity index is 1410. The molecule has 4 rings (SSSR count). The molecule has 36 heavy (non-hydrogen) atoms. The minimum Gasteiger partial charge on any atom is -0.329 e. The van der Waals surface area contributed by atoms with E-state index in [9.17, 15) is 9.59 Å². The van der Waals surface area contributed by atoms with Gasteiger partial charge in [-0.3, -0.25) is 14.2 Å². The molecular weight excluding hydrogens is 446 g/mol. The quantitative estimate of drug-likeness (QED) is 0.269. The van der Waals surface area contributed by atoms with Crippen molar-refractivity contribution in [3.05, 3.63) is 106 Å². The van der Waals surface area contributed by atoms with Crippen molar-refractivity contribution < 1.29 is 4.79 Å². The third-order valence-electron chi connectivity index (χ3n) is 6.74. The van der Waals surface area contributed by atoms with Gasteiger partial charge < -0.3 is 4.90 Å². The molecule has 1 aromatic heterocycles. The molecule has 0 bridgehead atoms. The molecule has 5 nitrogen and oxygen atoms in total. The third kappa shape index (κ3) is 5.11. The Morgan fingerprint density at radius 2 is 1.64 bits per heavy atom. The summed E-state index contributed by atoms with van der Waals surface area (Å²) in [6.07, 6.45) is 4.09. The summed E-state index contributed by atoms with van der Waals surface area (Å²) in [7, 11) is 0. The average molecular weight is 482 g/mol. The lowest BCUT2D eigenvalue weighted by Crippen LogP contribution is -2.38. The van der Waals surface area contributed by atoms with Gasteiger partial charge in [-0.15, -0.1) is 0 Å². The van der Waals surface area contributed by atoms with Gasteiger partial charge in [0.2, 0.25) is 0 Å². The van der Waals surface area contributed by atoms with Gasteiger partial charge in [0.15, 0.2) is 0 Å². The molecule has 0 spiro atoms. The number of carbonyl (C=O) groups excluding carboxylic acids is 1. The Labute approximate surface area is 213 Å². The van der Waals surface area contributed by atoms with E-state index in [0.29, 0.717) is 28.8 Å². The van der Waals surface area contributed by atoms with Gasteiger partial charge in [-0.25, -0.2) is 4.98 Å². The molecule has 0 aliphatic rings. The molecule has 0 fully saturated rings. The van der Waals surface area contributed by atoms with E-state index >= 15 is 0 Å². The van der Waals surface area contributed by atoms with Gasteiger partial charge in [0.05, 0.1) is 22.6 Å². The largest absolute Gasteiger partial charge is 0.329 e. The Balaban J connectivity index is 1.81. The Hall–Kier alpha value is -3.73. The van der Waals surface area contributed by atoms with Gasteiger partial charge in [0.1, 0.15) is 5.82 Å². The summed E-state index contributed by atoms with van der Waals surface area (Å²) in [6, 6.07) is 22.7. The summed E-state index contributed by atoms with van der Waals surface area (Å²) in [5, 5.41) is 0.563. The summed E-state index contributed by atoms with van der Waals surface area (Å²) in [5.41, 5.74) is 4.17. The van der Waals surface area contributed by atoms with Crippen LogP contribution in [0.3, 0.4) is 0 Å². The zero-order chi connectivity index (χ0) is 25.7. The van der Waals surface area contributed by atoms with Crippen molar-refractivity contribution in [2.75, 3.05) is 6.54 Å². The van der Waals surface area contributed by atoms with Crippen LogP contribution >= 0.6 is 0 Å². The molecule has 0 saturated carbocycles. The summed E-state index contributed by atoms with van der Waals surface area (Å²) in [6.45, 7) is 8.76. The standard InChI is InChI=1S/C31H35N3O2/c1-5-7-13-24-17-19-25(20-18-24)30(35)33(21-6-2)23(4)29-32-27-15-10-9-14-26(27)31(36)34(29)28-16-11-8-12-22(28)3/h8-12,14-20,23H,5-7,13,21H2,1-4H3. The second-order valence-electron chi connectivity index (χ2n) is 9.39. The van der Waals surface area contributed by atoms with E-state index in [1.807, 2.05) is 79.4 Å². The second kappa shape index (κ2) is 11.3. The number of amides is 1. The summed E-state index contributed by atoms with van der Waals surface area (Å²) in [4.78, 5) is 34.3. The van der Waals surface area contributed by atoms with Crippen LogP contribution in [0, 0.1) is 6.92 Å². The fourth-order valence-electron chi connectivity index (χ4n) is 4.69. The highest BCUT2D eigenvalue weighted by Crippen LogP contribution is 2.26. The van der Waals surface area contributed by atoms with E-state index in [0.717, 1.165) is 36.9 Å². The molecule has 1 heterocycles. The van der Waals surface area contributed by atoms with Crippen LogP contribution in [0.1, 0.15) is 73.4 Å². The van der Waals surface area contributed by atoms with Crippen LogP contribution < -0.4 is 5.56 Å². The van der Waals surface area contributed by atoms with Crippen LogP contribution in [0.2, 0.25) is 0 Å². The van der Waals surface area contributed by atoms with E-state index in [1.165, 1.54) is 5.56 Å². The highest BCUT2D eigenvalue weighted by atomic mass is 16.2. The first-order valence-corrected chi connectivity index (χ1v) is 12.9. The maximum Gasteiger partial charge on any atom is 0.266 e. The van der Waals surface area contributed by atoms with Gasteiger partial charge in [0.25, 0.3) is 11.5 Å². The number of carbonyl (C=O) groups is 1. The molecule has 5 heteroatoms. The molecule has 0 aliphatic carbocycles. The normalized spacial score (nSPS) is 12.0. The van der Waals surface area contributed by atoms with Gasteiger partial charge >= 0.3 is 0 Å². The Kier molecular flexibility index (Phi) is 7.99. The van der Waals surface area contributed by atoms with Crippen molar-refractivity contribution in [3.8, 4) is 5.69 Å². The first-order valence-electron chi connectivity index (χ1n) is 12.9. The average Bonchev–Trinajstić information content (AvgIpc) is 2.90. The minimum absolute atomic E-state index is 0.0508. The van der Waals surface area contributed by atoms with Gasteiger partial charge in [-0.1, -0.05) is 62.7 Å². The van der Waals surface area contributed by atoms with E-state index < -0.39 is 6.04 Å². The molecule has 1 unspecified atom stereocenters. The lowest BCUT2D eigenvalue weighted by atomic mass is 10.0. The zero-order valence-corrected chi connectivity index (χ0v) is 21.7. The van der Waals surface area contributed by atoms with Crippen LogP contribution in [-0.2, 0) is 6.42 Å². The number of para-hydroxylation sites is 2. The first kappa shape index (κ1) is 25.4. The molecule has 3 aromatic carbocycles. The van der Waals surface area contributed by atoms with Crippen LogP contribution in [0.4, 0.5) is 0 Å². The topological polar surface area (TPSA) is 55.2 Å². The molecule has 186 valence electrons. The fraction of sp³-hybridized carbons (Fsp3) is 0.323. The smallest absolute Gasteiger partial charge is 0.266 e. The lowest BCUT2D eigenvalue weighted by Gasteiger charge is -2.30. The highest BCUT2D eigenvalue weighted by molar-refractivity contribution is 5.94. The van der Waals surface area contributed by atoms with Crippen LogP contribution in [-0.4, -0.2) is 26.9 Å². The summed E-state index contributed by atoms with van der Waals surface area (Å²) >= 11 is 0. The number of hydrogen-bond acceptors (Lipinski definition) is 3. The SMILES string of the molecule is CCCCc1ccc(C(=O)N(CCC)C(C)c2nc3ccccc3c(=O)n2-c2ccccc2C)cc1. The van der Waals surface area contributed by atoms with Gasteiger partial charge in [-0.2, -0.15) is 0 Å². The van der Waals surface area contributed by atoms with E-state index in [1.54, 1.807) is 4.57 Å². The predicted octanol–water partition coefficient (Wildman–Crippen LogP) is 6.65. The van der Waals surface area contributed by atoms with Crippen molar-refractivity contribution in [1.82, 2.24) is 14.5 Å². The number of rotatable bonds is 9. The van der Waals surface area contributed by atoms with Crippen LogP contribution in [0.5, 0.6) is 0 Å². The monoisotopic (exact) mass is 481 g/mol. The maximum atomic E-state index is 13.8. The van der Waals surface area contributed by atoms with Gasteiger partial charge in [0, 0.05) is 12.1 Å². The van der Waals surface area contributed by atoms with Crippen molar-refractivity contribution >= 4 is 16.8 Å². The number of unbranched alkanes of at least 4 members (excludes halogenated alkanes) is 1. The third-order valence-corrected chi connectivity index (χ3v) is 6.74. The number of benzene rings is 3. The molecule has 1 amide bonds. The number of hydrogen-bond donors (Lipinski definition) is 0. The highest BCUT2D eigenvalue weighted by Gasteiger charge is 2.27. The first-order chi connectivity index (χ1) is 17.5. The summed E-state index contributed by atoms with van der Waals surface area (Å²) in [5.74, 6) is 0.513. The molecule has 1 atom stereocenters. The van der Waals surface area contributed by atoms with Gasteiger partial charge in [-0.05, 0) is 74.6 Å². The molecular formula is C31H35N3O2. The number of aryl methyl sites for hydroxylation is 2.